The molecule has 0 saturated carbocycles. The lowest BCUT2D eigenvalue weighted by molar-refractivity contribution is -0.136. The second-order valence-corrected chi connectivity index (χ2v) is 6.54. The maximum Gasteiger partial charge on any atom is 0.248 e. The summed E-state index contributed by atoms with van der Waals surface area (Å²) in [7, 11) is 1.55. The van der Waals surface area contributed by atoms with Gasteiger partial charge in [0.2, 0.25) is 5.91 Å². The number of rotatable bonds is 3. The summed E-state index contributed by atoms with van der Waals surface area (Å²) in [6, 6.07) is 7.16. The highest BCUT2D eigenvalue weighted by Crippen LogP contribution is 2.35. The first-order valence-electron chi connectivity index (χ1n) is 8.48. The summed E-state index contributed by atoms with van der Waals surface area (Å²) in [6.45, 7) is 1.70. The van der Waals surface area contributed by atoms with Crippen LogP contribution in [0.25, 0.3) is 0 Å². The lowest BCUT2D eigenvalue weighted by Crippen LogP contribution is -2.47. The van der Waals surface area contributed by atoms with Gasteiger partial charge in [-0.3, -0.25) is 4.79 Å². The number of hydrogen-bond acceptors (Lipinski definition) is 3. The third-order valence-electron chi connectivity index (χ3n) is 5.06. The van der Waals surface area contributed by atoms with Crippen LogP contribution in [0.1, 0.15) is 37.2 Å². The van der Waals surface area contributed by atoms with Crippen molar-refractivity contribution in [3.05, 3.63) is 35.6 Å². The van der Waals surface area contributed by atoms with Crippen molar-refractivity contribution in [2.24, 2.45) is 0 Å². The molecule has 3 rings (SSSR count). The highest BCUT2D eigenvalue weighted by molar-refractivity contribution is 5.78. The Bertz CT molecular complexity index is 552. The van der Waals surface area contributed by atoms with Crippen LogP contribution in [-0.4, -0.2) is 49.7 Å². The van der Waals surface area contributed by atoms with Crippen molar-refractivity contribution in [1.29, 1.82) is 0 Å². The van der Waals surface area contributed by atoms with E-state index in [4.69, 9.17) is 4.74 Å². The number of nitrogens with zero attached hydrogens (tertiary/aromatic N) is 1. The molecule has 4 nitrogen and oxygen atoms in total. The monoisotopic (exact) mass is 320 g/mol. The van der Waals surface area contributed by atoms with Crippen LogP contribution in [0.3, 0.4) is 0 Å². The number of amides is 1. The number of fused-ring (bicyclic) bond motifs is 1. The van der Waals surface area contributed by atoms with E-state index >= 15 is 0 Å². The fourth-order valence-electron chi connectivity index (χ4n) is 4.00. The first-order valence-corrected chi connectivity index (χ1v) is 8.48. The van der Waals surface area contributed by atoms with Gasteiger partial charge in [0.1, 0.15) is 12.4 Å². The van der Waals surface area contributed by atoms with Gasteiger partial charge in [-0.05, 0) is 37.1 Å². The summed E-state index contributed by atoms with van der Waals surface area (Å²) < 4.78 is 18.7. The van der Waals surface area contributed by atoms with Crippen molar-refractivity contribution in [3.8, 4) is 0 Å². The Morgan fingerprint density at radius 3 is 3.04 bits per heavy atom. The fourth-order valence-corrected chi connectivity index (χ4v) is 4.00. The van der Waals surface area contributed by atoms with Crippen LogP contribution in [0.4, 0.5) is 4.39 Å². The van der Waals surface area contributed by atoms with Crippen LogP contribution in [-0.2, 0) is 9.53 Å². The van der Waals surface area contributed by atoms with Gasteiger partial charge in [-0.2, -0.15) is 0 Å². The molecule has 1 N–H and O–H groups in total. The third-order valence-corrected chi connectivity index (χ3v) is 5.06. The summed E-state index contributed by atoms with van der Waals surface area (Å²) in [5.41, 5.74) is 0.973. The van der Waals surface area contributed by atoms with Crippen molar-refractivity contribution in [3.63, 3.8) is 0 Å². The topological polar surface area (TPSA) is 41.6 Å². The van der Waals surface area contributed by atoms with Gasteiger partial charge in [-0.1, -0.05) is 25.0 Å². The molecule has 1 aromatic rings. The van der Waals surface area contributed by atoms with E-state index in [-0.39, 0.29) is 36.3 Å². The fraction of sp³-hybridized carbons (Fsp3) is 0.611. The van der Waals surface area contributed by atoms with E-state index in [0.29, 0.717) is 6.54 Å². The Morgan fingerprint density at radius 2 is 2.26 bits per heavy atom. The summed E-state index contributed by atoms with van der Waals surface area (Å²) in [4.78, 5) is 14.4. The normalized spacial score (nSPS) is 28.1. The predicted molar refractivity (Wildman–Crippen MR) is 86.8 cm³/mol. The molecular weight excluding hydrogens is 295 g/mol. The van der Waals surface area contributed by atoms with Crippen molar-refractivity contribution in [2.75, 3.05) is 26.8 Å². The van der Waals surface area contributed by atoms with Crippen LogP contribution in [0.5, 0.6) is 0 Å². The van der Waals surface area contributed by atoms with Gasteiger partial charge in [0.05, 0.1) is 0 Å². The Hall–Kier alpha value is -1.46. The highest BCUT2D eigenvalue weighted by atomic mass is 19.1. The van der Waals surface area contributed by atoms with Gasteiger partial charge in [0, 0.05) is 31.7 Å². The molecule has 5 heteroatoms. The molecule has 2 saturated heterocycles. The zero-order chi connectivity index (χ0) is 16.2. The van der Waals surface area contributed by atoms with E-state index in [1.165, 1.54) is 12.5 Å². The first-order chi connectivity index (χ1) is 11.2. The number of likely N-dealkylation sites (tertiary alicyclic amines) is 1. The predicted octanol–water partition coefficient (Wildman–Crippen LogP) is 2.30. The van der Waals surface area contributed by atoms with Gasteiger partial charge < -0.3 is 15.0 Å². The molecule has 3 atom stereocenters. The summed E-state index contributed by atoms with van der Waals surface area (Å²) in [6.07, 6.45) is 4.48. The second kappa shape index (κ2) is 7.41. The van der Waals surface area contributed by atoms with Gasteiger partial charge in [0.15, 0.2) is 0 Å². The molecule has 1 aromatic carbocycles. The number of nitrogens with one attached hydrogen (secondary N) is 1. The summed E-state index contributed by atoms with van der Waals surface area (Å²) in [5.74, 6) is -0.0510. The molecule has 0 spiro atoms. The zero-order valence-electron chi connectivity index (χ0n) is 13.6. The minimum Gasteiger partial charge on any atom is -0.375 e. The Morgan fingerprint density at radius 1 is 1.39 bits per heavy atom. The molecule has 23 heavy (non-hydrogen) atoms. The second-order valence-electron chi connectivity index (χ2n) is 6.54. The van der Waals surface area contributed by atoms with Crippen molar-refractivity contribution in [2.45, 2.75) is 43.7 Å². The highest BCUT2D eigenvalue weighted by Gasteiger charge is 2.44. The number of halogens is 1. The van der Waals surface area contributed by atoms with Gasteiger partial charge >= 0.3 is 0 Å². The lowest BCUT2D eigenvalue weighted by Gasteiger charge is -2.31. The Kier molecular flexibility index (Phi) is 5.28. The summed E-state index contributed by atoms with van der Waals surface area (Å²) in [5, 5.41) is 3.62. The minimum absolute atomic E-state index is 0.0313. The molecule has 2 aliphatic heterocycles. The largest absolute Gasteiger partial charge is 0.375 e. The number of methoxy groups -OCH3 is 1. The van der Waals surface area contributed by atoms with Crippen LogP contribution in [0, 0.1) is 5.82 Å². The number of benzene rings is 1. The van der Waals surface area contributed by atoms with Gasteiger partial charge in [-0.15, -0.1) is 0 Å². The molecule has 0 unspecified atom stereocenters. The standard InChI is InChI=1S/C18H25FN2O2/c1-23-12-17(22)21-11-15(13-6-5-7-14(19)10-13)18-16(21)8-3-2-4-9-20-18/h5-7,10,15-16,18,20H,2-4,8-9,11-12H2,1H3/t15-,16+,18-/m0/s1. The van der Waals surface area contributed by atoms with E-state index in [0.717, 1.165) is 31.4 Å². The molecule has 2 aliphatic rings. The van der Waals surface area contributed by atoms with Crippen molar-refractivity contribution in [1.82, 2.24) is 10.2 Å². The van der Waals surface area contributed by atoms with Crippen molar-refractivity contribution < 1.29 is 13.9 Å². The molecule has 0 bridgehead atoms. The minimum atomic E-state index is -0.216. The quantitative estimate of drug-likeness (QED) is 0.929. The molecule has 2 heterocycles. The average molecular weight is 320 g/mol. The van der Waals surface area contributed by atoms with Crippen LogP contribution < -0.4 is 5.32 Å². The molecule has 1 amide bonds. The Balaban J connectivity index is 1.88. The molecule has 0 aromatic heterocycles. The molecule has 0 radical (unpaired) electrons. The van der Waals surface area contributed by atoms with Gasteiger partial charge in [0.25, 0.3) is 0 Å². The maximum absolute atomic E-state index is 13.6. The smallest absolute Gasteiger partial charge is 0.248 e. The van der Waals surface area contributed by atoms with E-state index in [9.17, 15) is 9.18 Å². The number of ether oxygens (including phenoxy) is 1. The van der Waals surface area contributed by atoms with E-state index in [2.05, 4.69) is 5.32 Å². The van der Waals surface area contributed by atoms with Crippen LogP contribution in [0.15, 0.2) is 24.3 Å². The van der Waals surface area contributed by atoms with E-state index in [1.54, 1.807) is 19.2 Å². The maximum atomic E-state index is 13.6. The summed E-state index contributed by atoms with van der Waals surface area (Å²) >= 11 is 0. The van der Waals surface area contributed by atoms with Crippen molar-refractivity contribution >= 4 is 5.91 Å². The molecule has 0 aliphatic carbocycles. The number of carbonyl (C=O) groups excluding carboxylic acids is 1. The number of hydrogen-bond donors (Lipinski definition) is 1. The zero-order valence-corrected chi connectivity index (χ0v) is 13.6. The molecule has 2 fully saturated rings. The third kappa shape index (κ3) is 3.56. The van der Waals surface area contributed by atoms with Crippen LogP contribution in [0.2, 0.25) is 0 Å². The van der Waals surface area contributed by atoms with Gasteiger partial charge in [-0.25, -0.2) is 4.39 Å². The van der Waals surface area contributed by atoms with E-state index in [1.807, 2.05) is 11.0 Å². The van der Waals surface area contributed by atoms with E-state index < -0.39 is 0 Å². The Labute approximate surface area is 137 Å². The molecular formula is C18H25FN2O2. The average Bonchev–Trinajstić information content (AvgIpc) is 2.85. The lowest BCUT2D eigenvalue weighted by atomic mass is 9.88. The molecule has 126 valence electrons. The number of carbonyl (C=O) groups is 1. The SMILES string of the molecule is COCC(=O)N1C[C@@H](c2cccc(F)c2)[C@@H]2NCCCCC[C@H]21. The first kappa shape index (κ1) is 16.4. The van der Waals surface area contributed by atoms with Crippen LogP contribution >= 0.6 is 0 Å².